The fourth-order valence-corrected chi connectivity index (χ4v) is 2.82. The normalized spacial score (nSPS) is 11.4. The third-order valence-corrected chi connectivity index (χ3v) is 4.19. The standard InChI is InChI=1S/C21H25FN6/c1-2-24-21(25-11-10-17-6-8-20(22)9-7-17)26-13-18-4-3-5-19(12-18)14-28-16-23-15-27-28/h3-9,12,15-16H,2,10-11,13-14H2,1H3,(H2,24,25,26). The first-order valence-corrected chi connectivity index (χ1v) is 9.40. The molecule has 0 aliphatic heterocycles. The summed E-state index contributed by atoms with van der Waals surface area (Å²) in [4.78, 5) is 8.64. The monoisotopic (exact) mass is 380 g/mol. The SMILES string of the molecule is CCNC(=NCc1cccc(Cn2cncn2)c1)NCCc1ccc(F)cc1. The lowest BCUT2D eigenvalue weighted by Gasteiger charge is -2.11. The van der Waals surface area contributed by atoms with Crippen LogP contribution in [0.4, 0.5) is 4.39 Å². The molecule has 0 unspecified atom stereocenters. The van der Waals surface area contributed by atoms with Gasteiger partial charge in [-0.2, -0.15) is 5.10 Å². The molecule has 0 bridgehead atoms. The maximum atomic E-state index is 13.0. The van der Waals surface area contributed by atoms with Crippen LogP contribution in [-0.2, 0) is 19.5 Å². The highest BCUT2D eigenvalue weighted by Gasteiger charge is 2.01. The summed E-state index contributed by atoms with van der Waals surface area (Å²) in [5.74, 6) is 0.559. The van der Waals surface area contributed by atoms with Gasteiger partial charge in [0.2, 0.25) is 0 Å². The van der Waals surface area contributed by atoms with Gasteiger partial charge in [0.15, 0.2) is 5.96 Å². The second-order valence-electron chi connectivity index (χ2n) is 6.41. The zero-order valence-corrected chi connectivity index (χ0v) is 16.0. The lowest BCUT2D eigenvalue weighted by Crippen LogP contribution is -2.38. The van der Waals surface area contributed by atoms with Crippen LogP contribution in [0.15, 0.2) is 66.2 Å². The third-order valence-electron chi connectivity index (χ3n) is 4.19. The number of guanidine groups is 1. The summed E-state index contributed by atoms with van der Waals surface area (Å²) in [5, 5.41) is 10.7. The van der Waals surface area contributed by atoms with Crippen molar-refractivity contribution in [3.8, 4) is 0 Å². The molecule has 146 valence electrons. The molecular weight excluding hydrogens is 355 g/mol. The molecule has 28 heavy (non-hydrogen) atoms. The minimum atomic E-state index is -0.210. The summed E-state index contributed by atoms with van der Waals surface area (Å²) >= 11 is 0. The molecule has 3 aromatic rings. The Morgan fingerprint density at radius 1 is 1.07 bits per heavy atom. The highest BCUT2D eigenvalue weighted by Crippen LogP contribution is 2.08. The van der Waals surface area contributed by atoms with E-state index < -0.39 is 0 Å². The Hall–Kier alpha value is -3.22. The number of rotatable bonds is 8. The van der Waals surface area contributed by atoms with E-state index in [0.29, 0.717) is 13.1 Å². The predicted molar refractivity (Wildman–Crippen MR) is 108 cm³/mol. The van der Waals surface area contributed by atoms with Gasteiger partial charge in [0, 0.05) is 13.1 Å². The lowest BCUT2D eigenvalue weighted by atomic mass is 10.1. The van der Waals surface area contributed by atoms with E-state index in [-0.39, 0.29) is 5.82 Å². The molecule has 0 amide bonds. The quantitative estimate of drug-likeness (QED) is 0.466. The average Bonchev–Trinajstić information content (AvgIpc) is 3.21. The summed E-state index contributed by atoms with van der Waals surface area (Å²) in [6.45, 7) is 4.82. The van der Waals surface area contributed by atoms with Gasteiger partial charge in [0.1, 0.15) is 18.5 Å². The van der Waals surface area contributed by atoms with Crippen molar-refractivity contribution in [2.75, 3.05) is 13.1 Å². The minimum Gasteiger partial charge on any atom is -0.357 e. The van der Waals surface area contributed by atoms with Crippen molar-refractivity contribution in [1.29, 1.82) is 0 Å². The van der Waals surface area contributed by atoms with Crippen LogP contribution < -0.4 is 10.6 Å². The van der Waals surface area contributed by atoms with Gasteiger partial charge in [-0.25, -0.2) is 19.0 Å². The van der Waals surface area contributed by atoms with Gasteiger partial charge in [-0.05, 0) is 42.2 Å². The Labute approximate surface area is 164 Å². The largest absolute Gasteiger partial charge is 0.357 e. The smallest absolute Gasteiger partial charge is 0.191 e. The number of nitrogens with zero attached hydrogens (tertiary/aromatic N) is 4. The molecule has 6 nitrogen and oxygen atoms in total. The minimum absolute atomic E-state index is 0.210. The van der Waals surface area contributed by atoms with E-state index in [1.165, 1.54) is 18.5 Å². The van der Waals surface area contributed by atoms with Crippen LogP contribution in [0.2, 0.25) is 0 Å². The Morgan fingerprint density at radius 2 is 1.89 bits per heavy atom. The Balaban J connectivity index is 1.55. The first-order chi connectivity index (χ1) is 13.7. The van der Waals surface area contributed by atoms with Gasteiger partial charge in [-0.1, -0.05) is 36.4 Å². The van der Waals surface area contributed by atoms with Gasteiger partial charge in [0.05, 0.1) is 13.1 Å². The molecule has 2 aromatic carbocycles. The van der Waals surface area contributed by atoms with Crippen molar-refractivity contribution in [1.82, 2.24) is 25.4 Å². The van der Waals surface area contributed by atoms with Crippen molar-refractivity contribution in [2.24, 2.45) is 4.99 Å². The highest BCUT2D eigenvalue weighted by molar-refractivity contribution is 5.79. The maximum absolute atomic E-state index is 13.0. The van der Waals surface area contributed by atoms with E-state index in [1.807, 2.05) is 25.1 Å². The molecular formula is C21H25FN6. The molecule has 0 saturated heterocycles. The molecule has 1 heterocycles. The van der Waals surface area contributed by atoms with Crippen LogP contribution in [0.3, 0.4) is 0 Å². The van der Waals surface area contributed by atoms with E-state index in [0.717, 1.165) is 42.2 Å². The molecule has 0 atom stereocenters. The number of benzene rings is 2. The molecule has 0 aliphatic carbocycles. The first kappa shape index (κ1) is 19.5. The summed E-state index contributed by atoms with van der Waals surface area (Å²) in [6, 6.07) is 14.9. The van der Waals surface area contributed by atoms with E-state index in [2.05, 4.69) is 43.9 Å². The molecule has 7 heteroatoms. The van der Waals surface area contributed by atoms with Crippen LogP contribution in [-0.4, -0.2) is 33.8 Å². The van der Waals surface area contributed by atoms with Crippen molar-refractivity contribution < 1.29 is 4.39 Å². The van der Waals surface area contributed by atoms with Crippen LogP contribution >= 0.6 is 0 Å². The molecule has 2 N–H and O–H groups in total. The second kappa shape index (κ2) is 10.2. The Morgan fingerprint density at radius 3 is 2.64 bits per heavy atom. The highest BCUT2D eigenvalue weighted by atomic mass is 19.1. The number of aromatic nitrogens is 3. The fraction of sp³-hybridized carbons (Fsp3) is 0.286. The zero-order valence-electron chi connectivity index (χ0n) is 16.0. The van der Waals surface area contributed by atoms with Crippen molar-refractivity contribution in [3.63, 3.8) is 0 Å². The number of hydrogen-bond acceptors (Lipinski definition) is 3. The first-order valence-electron chi connectivity index (χ1n) is 9.40. The van der Waals surface area contributed by atoms with Crippen LogP contribution in [0.25, 0.3) is 0 Å². The summed E-state index contributed by atoms with van der Waals surface area (Å²) in [7, 11) is 0. The van der Waals surface area contributed by atoms with Crippen LogP contribution in [0.5, 0.6) is 0 Å². The molecule has 0 spiro atoms. The Bertz CT molecular complexity index is 874. The summed E-state index contributed by atoms with van der Waals surface area (Å²) in [6.07, 6.45) is 4.05. The lowest BCUT2D eigenvalue weighted by molar-refractivity contribution is 0.626. The number of aliphatic imine (C=N–C) groups is 1. The average molecular weight is 380 g/mol. The van der Waals surface area contributed by atoms with E-state index >= 15 is 0 Å². The molecule has 0 radical (unpaired) electrons. The molecule has 0 saturated carbocycles. The van der Waals surface area contributed by atoms with Crippen molar-refractivity contribution in [3.05, 3.63) is 83.7 Å². The van der Waals surface area contributed by atoms with Gasteiger partial charge in [0.25, 0.3) is 0 Å². The fourth-order valence-electron chi connectivity index (χ4n) is 2.82. The second-order valence-corrected chi connectivity index (χ2v) is 6.41. The van der Waals surface area contributed by atoms with Crippen molar-refractivity contribution in [2.45, 2.75) is 26.4 Å². The molecule has 3 rings (SSSR count). The molecule has 1 aromatic heterocycles. The molecule has 0 aliphatic rings. The number of hydrogen-bond donors (Lipinski definition) is 2. The van der Waals surface area contributed by atoms with Gasteiger partial charge in [-0.15, -0.1) is 0 Å². The predicted octanol–water partition coefficient (Wildman–Crippen LogP) is 2.76. The van der Waals surface area contributed by atoms with Crippen LogP contribution in [0, 0.1) is 5.82 Å². The Kier molecular flexibility index (Phi) is 7.12. The van der Waals surface area contributed by atoms with E-state index in [1.54, 1.807) is 11.0 Å². The van der Waals surface area contributed by atoms with Crippen molar-refractivity contribution >= 4 is 5.96 Å². The van der Waals surface area contributed by atoms with E-state index in [4.69, 9.17) is 0 Å². The topological polar surface area (TPSA) is 67.1 Å². The summed E-state index contributed by atoms with van der Waals surface area (Å²) < 4.78 is 14.8. The molecule has 0 fully saturated rings. The van der Waals surface area contributed by atoms with Gasteiger partial charge >= 0.3 is 0 Å². The number of nitrogens with one attached hydrogen (secondary N) is 2. The van der Waals surface area contributed by atoms with Gasteiger partial charge < -0.3 is 10.6 Å². The van der Waals surface area contributed by atoms with Crippen LogP contribution in [0.1, 0.15) is 23.6 Å². The number of halogens is 1. The summed E-state index contributed by atoms with van der Waals surface area (Å²) in [5.41, 5.74) is 3.38. The third kappa shape index (κ3) is 6.19. The van der Waals surface area contributed by atoms with E-state index in [9.17, 15) is 4.39 Å². The maximum Gasteiger partial charge on any atom is 0.191 e. The zero-order chi connectivity index (χ0) is 19.6. The van der Waals surface area contributed by atoms with Gasteiger partial charge in [-0.3, -0.25) is 0 Å².